The van der Waals surface area contributed by atoms with Crippen LogP contribution in [-0.4, -0.2) is 26.8 Å². The van der Waals surface area contributed by atoms with Gasteiger partial charge < -0.3 is 18.9 Å². The summed E-state index contributed by atoms with van der Waals surface area (Å²) >= 11 is 0. The Balaban J connectivity index is 2.14. The lowest BCUT2D eigenvalue weighted by Gasteiger charge is -2.17. The van der Waals surface area contributed by atoms with E-state index in [1.807, 2.05) is 31.2 Å². The quantitative estimate of drug-likeness (QED) is 0.791. The molecule has 23 heavy (non-hydrogen) atoms. The van der Waals surface area contributed by atoms with E-state index in [0.29, 0.717) is 36.0 Å². The van der Waals surface area contributed by atoms with Gasteiger partial charge in [0.25, 0.3) is 0 Å². The van der Waals surface area contributed by atoms with E-state index in [-0.39, 0.29) is 5.97 Å². The van der Waals surface area contributed by atoms with E-state index in [0.717, 1.165) is 16.7 Å². The van der Waals surface area contributed by atoms with Crippen LogP contribution in [-0.2, 0) is 11.3 Å². The van der Waals surface area contributed by atoms with Crippen molar-refractivity contribution >= 4 is 5.97 Å². The summed E-state index contributed by atoms with van der Waals surface area (Å²) in [5, 5.41) is 0. The average Bonchev–Trinajstić information content (AvgIpc) is 2.95. The SMILES string of the molecule is CCOc1c(-c2ccc3c(c2)COC3=O)ccc(OC)c1OC. The van der Waals surface area contributed by atoms with Crippen molar-refractivity contribution in [2.24, 2.45) is 0 Å². The number of benzene rings is 2. The fraction of sp³-hybridized carbons (Fsp3) is 0.278. The predicted molar refractivity (Wildman–Crippen MR) is 85.3 cm³/mol. The summed E-state index contributed by atoms with van der Waals surface area (Å²) in [7, 11) is 3.17. The summed E-state index contributed by atoms with van der Waals surface area (Å²) < 4.78 is 21.6. The molecule has 0 aliphatic carbocycles. The van der Waals surface area contributed by atoms with Gasteiger partial charge in [-0.1, -0.05) is 6.07 Å². The van der Waals surface area contributed by atoms with Crippen LogP contribution in [0.15, 0.2) is 30.3 Å². The van der Waals surface area contributed by atoms with Crippen molar-refractivity contribution < 1.29 is 23.7 Å². The number of cyclic esters (lactones) is 1. The fourth-order valence-corrected chi connectivity index (χ4v) is 2.71. The van der Waals surface area contributed by atoms with Crippen molar-refractivity contribution in [2.45, 2.75) is 13.5 Å². The van der Waals surface area contributed by atoms with E-state index >= 15 is 0 Å². The molecule has 1 aliphatic rings. The van der Waals surface area contributed by atoms with Crippen molar-refractivity contribution in [3.8, 4) is 28.4 Å². The minimum atomic E-state index is -0.274. The second kappa shape index (κ2) is 6.20. The first-order chi connectivity index (χ1) is 11.2. The van der Waals surface area contributed by atoms with Crippen LogP contribution in [0.1, 0.15) is 22.8 Å². The number of fused-ring (bicyclic) bond motifs is 1. The summed E-state index contributed by atoms with van der Waals surface area (Å²) in [6.07, 6.45) is 0. The number of carbonyl (C=O) groups is 1. The normalized spacial score (nSPS) is 12.6. The lowest BCUT2D eigenvalue weighted by molar-refractivity contribution is 0.0535. The second-order valence-corrected chi connectivity index (χ2v) is 5.06. The molecule has 5 nitrogen and oxygen atoms in total. The first-order valence-corrected chi connectivity index (χ1v) is 7.37. The Bertz CT molecular complexity index is 751. The number of rotatable bonds is 5. The van der Waals surface area contributed by atoms with Gasteiger partial charge in [0.2, 0.25) is 5.75 Å². The summed E-state index contributed by atoms with van der Waals surface area (Å²) in [6.45, 7) is 2.72. The highest BCUT2D eigenvalue weighted by Gasteiger charge is 2.23. The maximum absolute atomic E-state index is 11.6. The van der Waals surface area contributed by atoms with Gasteiger partial charge in [-0.05, 0) is 36.8 Å². The maximum atomic E-state index is 11.6. The molecule has 1 heterocycles. The minimum Gasteiger partial charge on any atom is -0.493 e. The second-order valence-electron chi connectivity index (χ2n) is 5.06. The molecular formula is C18H18O5. The van der Waals surface area contributed by atoms with Gasteiger partial charge in [-0.15, -0.1) is 0 Å². The molecule has 5 heteroatoms. The van der Waals surface area contributed by atoms with Crippen LogP contribution >= 0.6 is 0 Å². The van der Waals surface area contributed by atoms with Gasteiger partial charge in [0.05, 0.1) is 26.4 Å². The first-order valence-electron chi connectivity index (χ1n) is 7.37. The minimum absolute atomic E-state index is 0.274. The number of ether oxygens (including phenoxy) is 4. The molecule has 0 amide bonds. The Kier molecular flexibility index (Phi) is 4.10. The molecule has 120 valence electrons. The molecule has 0 aromatic heterocycles. The zero-order valence-corrected chi connectivity index (χ0v) is 13.3. The Morgan fingerprint density at radius 3 is 2.52 bits per heavy atom. The Morgan fingerprint density at radius 1 is 1.04 bits per heavy atom. The number of methoxy groups -OCH3 is 2. The van der Waals surface area contributed by atoms with E-state index in [1.165, 1.54) is 0 Å². The largest absolute Gasteiger partial charge is 0.493 e. The summed E-state index contributed by atoms with van der Waals surface area (Å²) in [5.41, 5.74) is 3.31. The molecular weight excluding hydrogens is 296 g/mol. The first kappa shape index (κ1) is 15.2. The number of esters is 1. The fourth-order valence-electron chi connectivity index (χ4n) is 2.71. The smallest absolute Gasteiger partial charge is 0.338 e. The standard InChI is InChI=1S/C18H18O5/c1-4-22-16-13(7-8-15(20-2)17(16)21-3)11-5-6-14-12(9-11)10-23-18(14)19/h5-9H,4,10H2,1-3H3. The van der Waals surface area contributed by atoms with Crippen LogP contribution < -0.4 is 14.2 Å². The van der Waals surface area contributed by atoms with Crippen molar-refractivity contribution in [2.75, 3.05) is 20.8 Å². The van der Waals surface area contributed by atoms with Crippen LogP contribution in [0.3, 0.4) is 0 Å². The third-order valence-corrected chi connectivity index (χ3v) is 3.78. The van der Waals surface area contributed by atoms with E-state index in [2.05, 4.69) is 0 Å². The number of carbonyl (C=O) groups excluding carboxylic acids is 1. The molecule has 0 atom stereocenters. The molecule has 2 aromatic carbocycles. The van der Waals surface area contributed by atoms with Crippen molar-refractivity contribution in [3.63, 3.8) is 0 Å². The molecule has 0 spiro atoms. The van der Waals surface area contributed by atoms with Crippen molar-refractivity contribution in [1.82, 2.24) is 0 Å². The zero-order valence-electron chi connectivity index (χ0n) is 13.3. The molecule has 0 bridgehead atoms. The van der Waals surface area contributed by atoms with Gasteiger partial charge in [-0.25, -0.2) is 4.79 Å². The lowest BCUT2D eigenvalue weighted by Crippen LogP contribution is -2.00. The van der Waals surface area contributed by atoms with E-state index < -0.39 is 0 Å². The molecule has 0 fully saturated rings. The molecule has 1 aliphatic heterocycles. The molecule has 0 N–H and O–H groups in total. The molecule has 3 rings (SSSR count). The summed E-state index contributed by atoms with van der Waals surface area (Å²) in [5.74, 6) is 1.52. The topological polar surface area (TPSA) is 54.0 Å². The highest BCUT2D eigenvalue weighted by molar-refractivity contribution is 5.94. The van der Waals surface area contributed by atoms with Gasteiger partial charge in [0.15, 0.2) is 11.5 Å². The van der Waals surface area contributed by atoms with Gasteiger partial charge in [-0.2, -0.15) is 0 Å². The Morgan fingerprint density at radius 2 is 1.83 bits per heavy atom. The summed E-state index contributed by atoms with van der Waals surface area (Å²) in [4.78, 5) is 11.6. The maximum Gasteiger partial charge on any atom is 0.338 e. The molecule has 0 unspecified atom stereocenters. The average molecular weight is 314 g/mol. The number of hydrogen-bond donors (Lipinski definition) is 0. The number of hydrogen-bond acceptors (Lipinski definition) is 5. The van der Waals surface area contributed by atoms with Crippen molar-refractivity contribution in [3.05, 3.63) is 41.5 Å². The predicted octanol–water partition coefficient (Wildman–Crippen LogP) is 3.44. The molecule has 0 saturated carbocycles. The zero-order chi connectivity index (χ0) is 16.4. The van der Waals surface area contributed by atoms with Gasteiger partial charge in [-0.3, -0.25) is 0 Å². The van der Waals surface area contributed by atoms with Crippen LogP contribution in [0.5, 0.6) is 17.2 Å². The molecule has 0 saturated heterocycles. The van der Waals surface area contributed by atoms with Crippen LogP contribution in [0.4, 0.5) is 0 Å². The summed E-state index contributed by atoms with van der Waals surface area (Å²) in [6, 6.07) is 9.38. The Hall–Kier alpha value is -2.69. The lowest BCUT2D eigenvalue weighted by atomic mass is 9.99. The third-order valence-electron chi connectivity index (χ3n) is 3.78. The van der Waals surface area contributed by atoms with Crippen LogP contribution in [0, 0.1) is 0 Å². The molecule has 2 aromatic rings. The van der Waals surface area contributed by atoms with Gasteiger partial charge in [0.1, 0.15) is 6.61 Å². The highest BCUT2D eigenvalue weighted by atomic mass is 16.5. The highest BCUT2D eigenvalue weighted by Crippen LogP contribution is 2.45. The van der Waals surface area contributed by atoms with Crippen molar-refractivity contribution in [1.29, 1.82) is 0 Å². The molecule has 0 radical (unpaired) electrons. The van der Waals surface area contributed by atoms with E-state index in [9.17, 15) is 4.79 Å². The monoisotopic (exact) mass is 314 g/mol. The Labute approximate surface area is 134 Å². The van der Waals surface area contributed by atoms with E-state index in [4.69, 9.17) is 18.9 Å². The van der Waals surface area contributed by atoms with Crippen LogP contribution in [0.2, 0.25) is 0 Å². The van der Waals surface area contributed by atoms with Gasteiger partial charge >= 0.3 is 5.97 Å². The van der Waals surface area contributed by atoms with E-state index in [1.54, 1.807) is 20.3 Å². The van der Waals surface area contributed by atoms with Gasteiger partial charge in [0, 0.05) is 11.1 Å². The third kappa shape index (κ3) is 2.59. The van der Waals surface area contributed by atoms with Crippen LogP contribution in [0.25, 0.3) is 11.1 Å².